The van der Waals surface area contributed by atoms with Crippen LogP contribution in [0.5, 0.6) is 0 Å². The fourth-order valence-electron chi connectivity index (χ4n) is 2.72. The van der Waals surface area contributed by atoms with Crippen LogP contribution in [0.25, 0.3) is 6.08 Å². The number of carbonyl (C=O) groups excluding carboxylic acids is 1. The lowest BCUT2D eigenvalue weighted by Gasteiger charge is -2.36. The van der Waals surface area contributed by atoms with Crippen LogP contribution in [0, 0.1) is 5.92 Å². The molecule has 1 amide bonds. The van der Waals surface area contributed by atoms with Gasteiger partial charge in [-0.3, -0.25) is 4.79 Å². The highest BCUT2D eigenvalue weighted by Crippen LogP contribution is 2.29. The Labute approximate surface area is 133 Å². The quantitative estimate of drug-likeness (QED) is 0.865. The van der Waals surface area contributed by atoms with E-state index >= 15 is 0 Å². The molecule has 0 radical (unpaired) electrons. The lowest BCUT2D eigenvalue weighted by atomic mass is 9.94. The van der Waals surface area contributed by atoms with Gasteiger partial charge in [0.2, 0.25) is 5.91 Å². The van der Waals surface area contributed by atoms with Crippen molar-refractivity contribution in [3.05, 3.63) is 41.5 Å². The average Bonchev–Trinajstić information content (AvgIpc) is 2.52. The third-order valence-corrected chi connectivity index (χ3v) is 4.15. The first-order valence-corrected chi connectivity index (χ1v) is 7.58. The molecule has 23 heavy (non-hydrogen) atoms. The molecule has 1 saturated heterocycles. The molecule has 1 heterocycles. The number of benzene rings is 1. The van der Waals surface area contributed by atoms with E-state index in [-0.39, 0.29) is 24.5 Å². The highest BCUT2D eigenvalue weighted by atomic mass is 19.4. The minimum atomic E-state index is -4.40. The largest absolute Gasteiger partial charge is 0.416 e. The van der Waals surface area contributed by atoms with Gasteiger partial charge < -0.3 is 10.0 Å². The van der Waals surface area contributed by atoms with Crippen LogP contribution < -0.4 is 0 Å². The molecule has 1 aliphatic rings. The number of hydrogen-bond acceptors (Lipinski definition) is 2. The van der Waals surface area contributed by atoms with Gasteiger partial charge in [0.15, 0.2) is 0 Å². The minimum Gasteiger partial charge on any atom is -0.396 e. The topological polar surface area (TPSA) is 40.5 Å². The predicted octanol–water partition coefficient (Wildman–Crippen LogP) is 3.34. The van der Waals surface area contributed by atoms with Crippen molar-refractivity contribution < 1.29 is 23.1 Å². The lowest BCUT2D eigenvalue weighted by molar-refractivity contribution is -0.137. The second-order valence-electron chi connectivity index (χ2n) is 5.92. The smallest absolute Gasteiger partial charge is 0.396 e. The van der Waals surface area contributed by atoms with E-state index in [4.69, 9.17) is 0 Å². The van der Waals surface area contributed by atoms with Gasteiger partial charge in [0, 0.05) is 25.3 Å². The van der Waals surface area contributed by atoms with Crippen LogP contribution in [-0.2, 0) is 11.0 Å². The molecule has 3 nitrogen and oxygen atoms in total. The first-order chi connectivity index (χ1) is 10.8. The molecule has 0 spiro atoms. The average molecular weight is 327 g/mol. The summed E-state index contributed by atoms with van der Waals surface area (Å²) in [6.07, 6.45) is -0.0185. The molecule has 1 aromatic carbocycles. The van der Waals surface area contributed by atoms with Crippen molar-refractivity contribution in [1.82, 2.24) is 4.90 Å². The molecule has 1 aliphatic heterocycles. The van der Waals surface area contributed by atoms with E-state index in [1.165, 1.54) is 24.3 Å². The zero-order valence-electron chi connectivity index (χ0n) is 12.9. The Hall–Kier alpha value is -1.82. The van der Waals surface area contributed by atoms with Crippen LogP contribution >= 0.6 is 0 Å². The standard InChI is InChI=1S/C17H20F3NO2/c1-12-5-6-14(11-22)10-21(12)16(23)8-7-13-3-2-4-15(9-13)17(18,19)20/h2-4,7-9,12,14,22H,5-6,10-11H2,1H3/b8-7+. The number of aliphatic hydroxyl groups excluding tert-OH is 1. The number of likely N-dealkylation sites (tertiary alicyclic amines) is 1. The molecule has 0 bridgehead atoms. The molecule has 0 saturated carbocycles. The highest BCUT2D eigenvalue weighted by Gasteiger charge is 2.30. The third kappa shape index (κ3) is 4.58. The summed E-state index contributed by atoms with van der Waals surface area (Å²) in [4.78, 5) is 13.9. The Kier molecular flexibility index (Phi) is 5.46. The first kappa shape index (κ1) is 17.5. The van der Waals surface area contributed by atoms with Crippen LogP contribution in [0.2, 0.25) is 0 Å². The van der Waals surface area contributed by atoms with E-state index in [9.17, 15) is 23.1 Å². The third-order valence-electron chi connectivity index (χ3n) is 4.15. The normalized spacial score (nSPS) is 22.6. The molecule has 1 aromatic rings. The van der Waals surface area contributed by atoms with E-state index in [1.807, 2.05) is 6.92 Å². The summed E-state index contributed by atoms with van der Waals surface area (Å²) >= 11 is 0. The van der Waals surface area contributed by atoms with Gasteiger partial charge in [-0.1, -0.05) is 12.1 Å². The summed E-state index contributed by atoms with van der Waals surface area (Å²) in [5, 5.41) is 9.23. The van der Waals surface area contributed by atoms with E-state index in [0.29, 0.717) is 12.1 Å². The Balaban J connectivity index is 2.09. The second kappa shape index (κ2) is 7.17. The Morgan fingerprint density at radius 2 is 2.13 bits per heavy atom. The number of hydrogen-bond donors (Lipinski definition) is 1. The van der Waals surface area contributed by atoms with Crippen molar-refractivity contribution in [2.45, 2.75) is 32.0 Å². The molecular weight excluding hydrogens is 307 g/mol. The van der Waals surface area contributed by atoms with Gasteiger partial charge in [-0.05, 0) is 49.5 Å². The number of halogens is 3. The molecule has 0 aliphatic carbocycles. The SMILES string of the molecule is CC1CCC(CO)CN1C(=O)/C=C/c1cccc(C(F)(F)F)c1. The number of rotatable bonds is 3. The minimum absolute atomic E-state index is 0.0356. The van der Waals surface area contributed by atoms with Crippen LogP contribution in [-0.4, -0.2) is 35.1 Å². The highest BCUT2D eigenvalue weighted by molar-refractivity contribution is 5.92. The number of aliphatic hydroxyl groups is 1. The van der Waals surface area contributed by atoms with Crippen molar-refractivity contribution in [3.8, 4) is 0 Å². The van der Waals surface area contributed by atoms with Gasteiger partial charge in [-0.25, -0.2) is 0 Å². The monoisotopic (exact) mass is 327 g/mol. The van der Waals surface area contributed by atoms with Crippen molar-refractivity contribution in [3.63, 3.8) is 0 Å². The van der Waals surface area contributed by atoms with Gasteiger partial charge in [-0.15, -0.1) is 0 Å². The van der Waals surface area contributed by atoms with E-state index in [2.05, 4.69) is 0 Å². The molecule has 2 unspecified atom stereocenters. The summed E-state index contributed by atoms with van der Waals surface area (Å²) in [5.41, 5.74) is -0.407. The number of nitrogens with zero attached hydrogens (tertiary/aromatic N) is 1. The van der Waals surface area contributed by atoms with Crippen LogP contribution in [0.4, 0.5) is 13.2 Å². The Bertz CT molecular complexity index is 583. The van der Waals surface area contributed by atoms with E-state index in [1.54, 1.807) is 4.90 Å². The Morgan fingerprint density at radius 3 is 2.78 bits per heavy atom. The number of amides is 1. The van der Waals surface area contributed by atoms with Gasteiger partial charge in [0.25, 0.3) is 0 Å². The summed E-state index contributed by atoms with van der Waals surface area (Å²) in [6, 6.07) is 4.92. The first-order valence-electron chi connectivity index (χ1n) is 7.58. The van der Waals surface area contributed by atoms with Crippen molar-refractivity contribution in [2.24, 2.45) is 5.92 Å². The zero-order chi connectivity index (χ0) is 17.0. The van der Waals surface area contributed by atoms with Gasteiger partial charge in [0.1, 0.15) is 0 Å². The van der Waals surface area contributed by atoms with Crippen LogP contribution in [0.15, 0.2) is 30.3 Å². The van der Waals surface area contributed by atoms with E-state index in [0.717, 1.165) is 25.0 Å². The van der Waals surface area contributed by atoms with Gasteiger partial charge in [-0.2, -0.15) is 13.2 Å². The van der Waals surface area contributed by atoms with Gasteiger partial charge in [0.05, 0.1) is 5.56 Å². The van der Waals surface area contributed by atoms with Crippen molar-refractivity contribution >= 4 is 12.0 Å². The lowest BCUT2D eigenvalue weighted by Crippen LogP contribution is -2.45. The van der Waals surface area contributed by atoms with E-state index < -0.39 is 11.7 Å². The maximum Gasteiger partial charge on any atom is 0.416 e. The maximum atomic E-state index is 12.7. The van der Waals surface area contributed by atoms with Crippen LogP contribution in [0.1, 0.15) is 30.9 Å². The van der Waals surface area contributed by atoms with Crippen molar-refractivity contribution in [2.75, 3.05) is 13.2 Å². The molecule has 2 rings (SSSR count). The molecular formula is C17H20F3NO2. The molecule has 2 atom stereocenters. The zero-order valence-corrected chi connectivity index (χ0v) is 12.9. The van der Waals surface area contributed by atoms with Crippen LogP contribution in [0.3, 0.4) is 0 Å². The summed E-state index contributed by atoms with van der Waals surface area (Å²) < 4.78 is 38.0. The predicted molar refractivity (Wildman–Crippen MR) is 81.5 cm³/mol. The number of piperidine rings is 1. The van der Waals surface area contributed by atoms with Gasteiger partial charge >= 0.3 is 6.18 Å². The maximum absolute atomic E-state index is 12.7. The fourth-order valence-corrected chi connectivity index (χ4v) is 2.72. The Morgan fingerprint density at radius 1 is 1.39 bits per heavy atom. The summed E-state index contributed by atoms with van der Waals surface area (Å²) in [5.74, 6) is -0.176. The molecule has 126 valence electrons. The molecule has 1 N–H and O–H groups in total. The second-order valence-corrected chi connectivity index (χ2v) is 5.92. The molecule has 6 heteroatoms. The van der Waals surface area contributed by atoms with Crippen molar-refractivity contribution in [1.29, 1.82) is 0 Å². The fraction of sp³-hybridized carbons (Fsp3) is 0.471. The molecule has 1 fully saturated rings. The summed E-state index contributed by atoms with van der Waals surface area (Å²) in [7, 11) is 0. The molecule has 0 aromatic heterocycles. The summed E-state index contributed by atoms with van der Waals surface area (Å²) in [6.45, 7) is 2.45. The number of alkyl halides is 3. The number of carbonyl (C=O) groups is 1.